The number of azide groups is 1. The van der Waals surface area contributed by atoms with E-state index in [1.165, 1.54) is 10.4 Å². The van der Waals surface area contributed by atoms with Gasteiger partial charge in [0.05, 0.1) is 18.8 Å². The summed E-state index contributed by atoms with van der Waals surface area (Å²) < 4.78 is 12.5. The van der Waals surface area contributed by atoms with Gasteiger partial charge in [0.1, 0.15) is 0 Å². The maximum absolute atomic E-state index is 10.1. The van der Waals surface area contributed by atoms with Crippen molar-refractivity contribution in [3.63, 3.8) is 0 Å². The zero-order chi connectivity index (χ0) is 21.1. The monoisotopic (exact) mass is 411 g/mol. The summed E-state index contributed by atoms with van der Waals surface area (Å²) in [4.78, 5) is 2.95. The largest absolute Gasteiger partial charge is 0.405 e. The van der Waals surface area contributed by atoms with Crippen molar-refractivity contribution >= 4 is 18.7 Å². The molecule has 1 saturated heterocycles. The van der Waals surface area contributed by atoms with Crippen LogP contribution in [0.3, 0.4) is 0 Å². The van der Waals surface area contributed by atoms with Crippen LogP contribution in [0.1, 0.15) is 27.7 Å². The molecule has 1 unspecified atom stereocenters. The molecular formula is C22H29N3O3Si. The van der Waals surface area contributed by atoms with Crippen LogP contribution in [0.15, 0.2) is 65.8 Å². The van der Waals surface area contributed by atoms with Crippen LogP contribution in [0.2, 0.25) is 5.04 Å². The number of rotatable bonds is 6. The molecule has 0 amide bonds. The first-order chi connectivity index (χ1) is 13.8. The molecule has 6 nitrogen and oxygen atoms in total. The molecule has 0 bridgehead atoms. The molecule has 0 saturated carbocycles. The third-order valence-corrected chi connectivity index (χ3v) is 10.8. The average Bonchev–Trinajstić information content (AvgIpc) is 2.97. The predicted molar refractivity (Wildman–Crippen MR) is 117 cm³/mol. The lowest BCUT2D eigenvalue weighted by Crippen LogP contribution is -2.67. The Morgan fingerprint density at radius 1 is 1.07 bits per heavy atom. The summed E-state index contributed by atoms with van der Waals surface area (Å²) in [5.41, 5.74) is 8.95. The molecule has 154 valence electrons. The summed E-state index contributed by atoms with van der Waals surface area (Å²) in [6, 6.07) is 20.2. The van der Waals surface area contributed by atoms with Crippen molar-refractivity contribution < 1.29 is 14.3 Å². The molecular weight excluding hydrogens is 382 g/mol. The van der Waals surface area contributed by atoms with Crippen LogP contribution in [-0.4, -0.2) is 38.5 Å². The average molecular weight is 412 g/mol. The first-order valence-electron chi connectivity index (χ1n) is 9.94. The number of hydrogen-bond donors (Lipinski definition) is 1. The Morgan fingerprint density at radius 2 is 1.59 bits per heavy atom. The maximum Gasteiger partial charge on any atom is 0.261 e. The van der Waals surface area contributed by atoms with Gasteiger partial charge in [-0.15, -0.1) is 0 Å². The third kappa shape index (κ3) is 4.10. The molecule has 7 heteroatoms. The minimum atomic E-state index is -2.71. The normalized spacial score (nSPS) is 24.9. The predicted octanol–water partition coefficient (Wildman–Crippen LogP) is 3.60. The van der Waals surface area contributed by atoms with E-state index in [0.717, 1.165) is 0 Å². The summed E-state index contributed by atoms with van der Waals surface area (Å²) in [6.45, 7) is 8.69. The summed E-state index contributed by atoms with van der Waals surface area (Å²) in [5, 5.41) is 16.2. The molecule has 0 radical (unpaired) electrons. The van der Waals surface area contributed by atoms with Crippen LogP contribution in [-0.2, 0) is 9.16 Å². The highest BCUT2D eigenvalue weighted by Gasteiger charge is 2.51. The van der Waals surface area contributed by atoms with E-state index in [2.05, 4.69) is 55.1 Å². The Hall–Kier alpha value is -2.15. The van der Waals surface area contributed by atoms with Gasteiger partial charge in [0.2, 0.25) is 0 Å². The van der Waals surface area contributed by atoms with E-state index in [9.17, 15) is 5.11 Å². The van der Waals surface area contributed by atoms with Crippen molar-refractivity contribution in [2.24, 2.45) is 11.0 Å². The lowest BCUT2D eigenvalue weighted by Gasteiger charge is -2.43. The third-order valence-electron chi connectivity index (χ3n) is 5.75. The topological polar surface area (TPSA) is 87.5 Å². The molecule has 1 heterocycles. The fourth-order valence-corrected chi connectivity index (χ4v) is 8.81. The van der Waals surface area contributed by atoms with Gasteiger partial charge in [0, 0.05) is 10.8 Å². The molecule has 1 aliphatic heterocycles. The van der Waals surface area contributed by atoms with E-state index >= 15 is 0 Å². The van der Waals surface area contributed by atoms with E-state index in [4.69, 9.17) is 14.7 Å². The summed E-state index contributed by atoms with van der Waals surface area (Å²) in [7, 11) is -2.71. The van der Waals surface area contributed by atoms with E-state index in [0.29, 0.717) is 0 Å². The van der Waals surface area contributed by atoms with Crippen molar-refractivity contribution in [1.82, 2.24) is 0 Å². The van der Waals surface area contributed by atoms with Crippen molar-refractivity contribution in [2.75, 3.05) is 6.61 Å². The molecule has 2 aromatic carbocycles. The second-order valence-corrected chi connectivity index (χ2v) is 12.9. The van der Waals surface area contributed by atoms with Crippen LogP contribution in [0.25, 0.3) is 10.4 Å². The zero-order valence-electron chi connectivity index (χ0n) is 17.4. The summed E-state index contributed by atoms with van der Waals surface area (Å²) >= 11 is 0. The van der Waals surface area contributed by atoms with Crippen molar-refractivity contribution in [3.8, 4) is 0 Å². The highest BCUT2D eigenvalue weighted by molar-refractivity contribution is 6.99. The highest BCUT2D eigenvalue weighted by atomic mass is 28.4. The van der Waals surface area contributed by atoms with Crippen LogP contribution in [0.4, 0.5) is 0 Å². The summed E-state index contributed by atoms with van der Waals surface area (Å²) in [5.74, 6) is -0.279. The Balaban J connectivity index is 2.04. The molecule has 1 fully saturated rings. The molecule has 0 spiro atoms. The molecule has 1 aliphatic rings. The molecule has 3 rings (SSSR count). The van der Waals surface area contributed by atoms with E-state index < -0.39 is 26.8 Å². The van der Waals surface area contributed by atoms with Crippen molar-refractivity contribution in [1.29, 1.82) is 0 Å². The number of nitrogens with zero attached hydrogens (tertiary/aromatic N) is 3. The molecule has 4 atom stereocenters. The van der Waals surface area contributed by atoms with Gasteiger partial charge in [-0.05, 0) is 20.9 Å². The van der Waals surface area contributed by atoms with Gasteiger partial charge in [0.15, 0.2) is 6.29 Å². The van der Waals surface area contributed by atoms with Crippen LogP contribution in [0.5, 0.6) is 0 Å². The minimum absolute atomic E-state index is 0.160. The van der Waals surface area contributed by atoms with Gasteiger partial charge >= 0.3 is 0 Å². The fourth-order valence-electron chi connectivity index (χ4n) is 4.24. The SMILES string of the molecule is C[C@H]1C(O)O[C@H](CO[Si](c2ccccc2)(c2ccccc2)C(C)(C)C)[C@@H]1N=[N+]=[N-]. The Morgan fingerprint density at radius 3 is 2.03 bits per heavy atom. The minimum Gasteiger partial charge on any atom is -0.405 e. The highest BCUT2D eigenvalue weighted by Crippen LogP contribution is 2.38. The van der Waals surface area contributed by atoms with Crippen molar-refractivity contribution in [2.45, 2.75) is 51.2 Å². The fraction of sp³-hybridized carbons (Fsp3) is 0.455. The molecule has 29 heavy (non-hydrogen) atoms. The Bertz CT molecular complexity index is 811. The number of hydrogen-bond acceptors (Lipinski definition) is 4. The number of aliphatic hydroxyl groups is 1. The van der Waals surface area contributed by atoms with Gasteiger partial charge in [0.25, 0.3) is 8.32 Å². The van der Waals surface area contributed by atoms with Gasteiger partial charge < -0.3 is 14.3 Å². The van der Waals surface area contributed by atoms with Gasteiger partial charge in [-0.1, -0.05) is 93.5 Å². The van der Waals surface area contributed by atoms with Gasteiger partial charge in [-0.2, -0.15) is 0 Å². The van der Waals surface area contributed by atoms with Crippen LogP contribution < -0.4 is 10.4 Å². The van der Waals surface area contributed by atoms with Gasteiger partial charge in [-0.25, -0.2) is 0 Å². The lowest BCUT2D eigenvalue weighted by atomic mass is 10.0. The molecule has 1 N–H and O–H groups in total. The number of ether oxygens (including phenoxy) is 1. The van der Waals surface area contributed by atoms with E-state index in [1.54, 1.807) is 0 Å². The quantitative estimate of drug-likeness (QED) is 0.341. The van der Waals surface area contributed by atoms with E-state index in [1.807, 2.05) is 43.3 Å². The lowest BCUT2D eigenvalue weighted by molar-refractivity contribution is -0.113. The molecule has 0 aromatic heterocycles. The molecule has 2 aromatic rings. The second kappa shape index (κ2) is 8.69. The van der Waals surface area contributed by atoms with Gasteiger partial charge in [-0.3, -0.25) is 0 Å². The first kappa shape index (κ1) is 21.6. The Kier molecular flexibility index (Phi) is 6.46. The second-order valence-electron chi connectivity index (χ2n) is 8.59. The first-order valence-corrected chi connectivity index (χ1v) is 11.8. The van der Waals surface area contributed by atoms with Crippen molar-refractivity contribution in [3.05, 3.63) is 71.1 Å². The smallest absolute Gasteiger partial charge is 0.261 e. The standard InChI is InChI=1S/C22H29N3O3Si/c1-16-20(24-25-23)19(28-21(16)26)15-27-29(22(2,3)4,17-11-7-5-8-12-17)18-13-9-6-10-14-18/h5-14,16,19-21,26H,15H2,1-4H3/t16-,19-,20-,21?/m1/s1. The Labute approximate surface area is 173 Å². The molecule has 0 aliphatic carbocycles. The zero-order valence-corrected chi connectivity index (χ0v) is 18.4. The van der Waals surface area contributed by atoms with Crippen LogP contribution in [0, 0.1) is 5.92 Å². The van der Waals surface area contributed by atoms with E-state index in [-0.39, 0.29) is 17.6 Å². The maximum atomic E-state index is 10.1. The summed E-state index contributed by atoms with van der Waals surface area (Å²) in [6.07, 6.45) is -1.45. The number of aliphatic hydroxyl groups excluding tert-OH is 1. The van der Waals surface area contributed by atoms with Crippen LogP contribution >= 0.6 is 0 Å². The number of benzene rings is 2.